The highest BCUT2D eigenvalue weighted by molar-refractivity contribution is 7.86. The number of halogens is 1. The molecule has 0 saturated carbocycles. The van der Waals surface area contributed by atoms with E-state index in [9.17, 15) is 32.5 Å². The number of hydrazine groups is 1. The van der Waals surface area contributed by atoms with Gasteiger partial charge in [-0.2, -0.15) is 8.42 Å². The Hall–Kier alpha value is -2.41. The normalized spacial score (nSPS) is 13.5. The molecule has 0 radical (unpaired) electrons. The lowest BCUT2D eigenvalue weighted by Crippen LogP contribution is -2.51. The van der Waals surface area contributed by atoms with Crippen molar-refractivity contribution in [3.8, 4) is 5.75 Å². The second-order valence-corrected chi connectivity index (χ2v) is 7.34. The van der Waals surface area contributed by atoms with Crippen LogP contribution < -0.4 is 22.3 Å². The van der Waals surface area contributed by atoms with Gasteiger partial charge in [0.1, 0.15) is 10.6 Å². The number of benzene rings is 1. The lowest BCUT2D eigenvalue weighted by atomic mass is 9.87. The Balaban J connectivity index is 3.36. The molecule has 13 heteroatoms. The van der Waals surface area contributed by atoms with Crippen LogP contribution in [0.1, 0.15) is 31.2 Å². The minimum absolute atomic E-state index is 0.0764. The van der Waals surface area contributed by atoms with Crippen molar-refractivity contribution in [2.24, 2.45) is 11.5 Å². The molecule has 0 aliphatic heterocycles. The molecule has 0 fully saturated rings. The van der Waals surface area contributed by atoms with E-state index in [-0.39, 0.29) is 17.0 Å². The van der Waals surface area contributed by atoms with Crippen molar-refractivity contribution in [1.29, 1.82) is 0 Å². The van der Waals surface area contributed by atoms with Gasteiger partial charge in [0.2, 0.25) is 11.8 Å². The molecule has 0 heterocycles. The molecule has 11 nitrogen and oxygen atoms in total. The number of amides is 3. The number of carbonyl (C=O) groups excluding carboxylic acids is 3. The summed E-state index contributed by atoms with van der Waals surface area (Å²) in [6.45, 7) is 1.54. The Kier molecular flexibility index (Phi) is 7.54. The smallest absolute Gasteiger partial charge is 0.298 e. The van der Waals surface area contributed by atoms with Crippen LogP contribution in [0.3, 0.4) is 0 Å². The first-order valence-corrected chi connectivity index (χ1v) is 9.32. The molecule has 0 aliphatic carbocycles. The largest absolute Gasteiger partial charge is 0.506 e. The fraction of sp³-hybridized carbons (Fsp3) is 0.357. The molecule has 0 spiro atoms. The number of hydrogen-bond acceptors (Lipinski definition) is 7. The third-order valence-electron chi connectivity index (χ3n) is 3.55. The van der Waals surface area contributed by atoms with E-state index in [1.165, 1.54) is 6.92 Å². The maximum Gasteiger partial charge on any atom is 0.298 e. The summed E-state index contributed by atoms with van der Waals surface area (Å²) in [5.41, 5.74) is 14.8. The van der Waals surface area contributed by atoms with E-state index in [4.69, 9.17) is 23.1 Å². The SMILES string of the molecule is CCC(=O)NNC(=O)[C@@H](N)C(CC(N)=O)c1cc(Cl)cc(S(=O)(=O)O)c1O. The van der Waals surface area contributed by atoms with Crippen LogP contribution in [0.2, 0.25) is 5.02 Å². The van der Waals surface area contributed by atoms with E-state index in [2.05, 4.69) is 5.43 Å². The lowest BCUT2D eigenvalue weighted by Gasteiger charge is -2.24. The van der Waals surface area contributed by atoms with Gasteiger partial charge >= 0.3 is 0 Å². The molecule has 0 aromatic heterocycles. The van der Waals surface area contributed by atoms with E-state index in [0.717, 1.165) is 12.1 Å². The van der Waals surface area contributed by atoms with Crippen LogP contribution in [0.15, 0.2) is 17.0 Å². The van der Waals surface area contributed by atoms with Crippen LogP contribution in [0.25, 0.3) is 0 Å². The van der Waals surface area contributed by atoms with Crippen LogP contribution in [0.5, 0.6) is 5.75 Å². The standard InChI is InChI=1S/C14H19ClN4O7S/c1-2-11(21)18-19-14(23)12(17)7(5-10(16)20)8-3-6(15)4-9(13(8)22)27(24,25)26/h3-4,7,12,22H,2,5,17H2,1H3,(H2,16,20)(H,18,21)(H,19,23)(H,24,25,26)/t7?,12-/m0/s1. The van der Waals surface area contributed by atoms with Gasteiger partial charge in [0.25, 0.3) is 16.0 Å². The predicted molar refractivity (Wildman–Crippen MR) is 94.0 cm³/mol. The molecule has 8 N–H and O–H groups in total. The number of primary amides is 1. The van der Waals surface area contributed by atoms with Crippen LogP contribution in [0, 0.1) is 0 Å². The summed E-state index contributed by atoms with van der Waals surface area (Å²) in [6, 6.07) is 0.328. The van der Waals surface area contributed by atoms with Crippen LogP contribution in [-0.2, 0) is 24.5 Å². The number of phenolic OH excluding ortho intramolecular Hbond substituents is 1. The average Bonchev–Trinajstić information content (AvgIpc) is 2.57. The van der Waals surface area contributed by atoms with E-state index in [1.807, 2.05) is 5.43 Å². The summed E-state index contributed by atoms with van der Waals surface area (Å²) in [4.78, 5) is 33.8. The monoisotopic (exact) mass is 422 g/mol. The summed E-state index contributed by atoms with van der Waals surface area (Å²) in [5.74, 6) is -4.60. The maximum atomic E-state index is 12.2. The number of aromatic hydroxyl groups is 1. The molecule has 150 valence electrons. The molecule has 0 bridgehead atoms. The average molecular weight is 423 g/mol. The molecular weight excluding hydrogens is 404 g/mol. The number of nitrogens with two attached hydrogens (primary N) is 2. The van der Waals surface area contributed by atoms with Gasteiger partial charge in [0.15, 0.2) is 0 Å². The van der Waals surface area contributed by atoms with Crippen molar-refractivity contribution in [2.75, 3.05) is 0 Å². The Morgan fingerprint density at radius 2 is 1.85 bits per heavy atom. The number of carbonyl (C=O) groups is 3. The number of hydrogen-bond donors (Lipinski definition) is 6. The maximum absolute atomic E-state index is 12.2. The van der Waals surface area contributed by atoms with E-state index in [0.29, 0.717) is 0 Å². The van der Waals surface area contributed by atoms with Gasteiger partial charge in [-0.25, -0.2) is 0 Å². The van der Waals surface area contributed by atoms with Gasteiger partial charge in [-0.1, -0.05) is 18.5 Å². The molecule has 27 heavy (non-hydrogen) atoms. The van der Waals surface area contributed by atoms with Gasteiger partial charge in [-0.15, -0.1) is 0 Å². The summed E-state index contributed by atoms with van der Waals surface area (Å²) in [7, 11) is -4.86. The third kappa shape index (κ3) is 6.06. The molecule has 0 saturated heterocycles. The van der Waals surface area contributed by atoms with Crippen molar-refractivity contribution in [1.82, 2.24) is 10.9 Å². The van der Waals surface area contributed by atoms with Crippen molar-refractivity contribution in [3.63, 3.8) is 0 Å². The molecule has 1 unspecified atom stereocenters. The van der Waals surface area contributed by atoms with Crippen molar-refractivity contribution < 1.29 is 32.5 Å². The first-order chi connectivity index (χ1) is 12.4. The minimum atomic E-state index is -4.86. The summed E-state index contributed by atoms with van der Waals surface area (Å²) < 4.78 is 32.0. The zero-order valence-corrected chi connectivity index (χ0v) is 15.7. The highest BCUT2D eigenvalue weighted by Gasteiger charge is 2.32. The van der Waals surface area contributed by atoms with Gasteiger partial charge in [0, 0.05) is 29.3 Å². The van der Waals surface area contributed by atoms with Gasteiger partial charge < -0.3 is 16.6 Å². The highest BCUT2D eigenvalue weighted by atomic mass is 35.5. The zero-order chi connectivity index (χ0) is 20.9. The van der Waals surface area contributed by atoms with Crippen LogP contribution in [0.4, 0.5) is 0 Å². The fourth-order valence-electron chi connectivity index (χ4n) is 2.21. The van der Waals surface area contributed by atoms with Gasteiger partial charge in [-0.05, 0) is 12.1 Å². The van der Waals surface area contributed by atoms with Crippen molar-refractivity contribution >= 4 is 39.4 Å². The third-order valence-corrected chi connectivity index (χ3v) is 4.64. The lowest BCUT2D eigenvalue weighted by molar-refractivity contribution is -0.130. The topological polar surface area (TPSA) is 202 Å². The van der Waals surface area contributed by atoms with Crippen LogP contribution in [-0.4, -0.2) is 41.8 Å². The molecule has 1 aromatic rings. The Morgan fingerprint density at radius 3 is 2.33 bits per heavy atom. The van der Waals surface area contributed by atoms with Crippen molar-refractivity contribution in [3.05, 3.63) is 22.7 Å². The molecule has 1 aromatic carbocycles. The molecular formula is C14H19ClN4O7S. The summed E-state index contributed by atoms with van der Waals surface area (Å²) >= 11 is 5.81. The molecule has 0 aliphatic rings. The summed E-state index contributed by atoms with van der Waals surface area (Å²) in [5, 5.41) is 10.0. The highest BCUT2D eigenvalue weighted by Crippen LogP contribution is 2.37. The minimum Gasteiger partial charge on any atom is -0.506 e. The summed E-state index contributed by atoms with van der Waals surface area (Å²) in [6.07, 6.45) is -0.484. The number of nitrogens with one attached hydrogen (secondary N) is 2. The molecule has 2 atom stereocenters. The van der Waals surface area contributed by atoms with E-state index in [1.54, 1.807) is 0 Å². The zero-order valence-electron chi connectivity index (χ0n) is 14.1. The fourth-order valence-corrected chi connectivity index (χ4v) is 3.14. The van der Waals surface area contributed by atoms with E-state index >= 15 is 0 Å². The molecule has 1 rings (SSSR count). The second kappa shape index (κ2) is 8.99. The predicted octanol–water partition coefficient (Wildman–Crippen LogP) is -0.864. The van der Waals surface area contributed by atoms with Gasteiger partial charge in [-0.3, -0.25) is 29.8 Å². The van der Waals surface area contributed by atoms with Gasteiger partial charge in [0.05, 0.1) is 6.04 Å². The number of phenols is 1. The first-order valence-electron chi connectivity index (χ1n) is 7.50. The van der Waals surface area contributed by atoms with Crippen LogP contribution >= 0.6 is 11.6 Å². The van der Waals surface area contributed by atoms with E-state index < -0.39 is 56.9 Å². The second-order valence-electron chi connectivity index (χ2n) is 5.51. The quantitative estimate of drug-likeness (QED) is 0.240. The number of rotatable bonds is 7. The van der Waals surface area contributed by atoms with Crippen molar-refractivity contribution in [2.45, 2.75) is 36.6 Å². The Morgan fingerprint density at radius 1 is 1.26 bits per heavy atom. The Labute approximate surface area is 159 Å². The molecule has 3 amide bonds. The Bertz CT molecular complexity index is 859. The first kappa shape index (κ1) is 22.6.